The number of aromatic nitrogens is 3. The Bertz CT molecular complexity index is 1530. The first-order valence-electron chi connectivity index (χ1n) is 11.4. The summed E-state index contributed by atoms with van der Waals surface area (Å²) >= 11 is 5.38. The van der Waals surface area contributed by atoms with Crippen molar-refractivity contribution in [1.82, 2.24) is 14.9 Å². The van der Waals surface area contributed by atoms with Crippen LogP contribution in [0.4, 0.5) is 0 Å². The van der Waals surface area contributed by atoms with Crippen LogP contribution in [0.25, 0.3) is 22.2 Å². The first-order chi connectivity index (χ1) is 17.2. The Labute approximate surface area is 208 Å². The summed E-state index contributed by atoms with van der Waals surface area (Å²) in [7, 11) is 0. The predicted octanol–water partition coefficient (Wildman–Crippen LogP) is 6.62. The second kappa shape index (κ2) is 10.4. The SMILES string of the molecule is CCOc1cc(/C=N\n2c(-c3ccccc3)n[nH]c2=S)ccc1OCc1cccc2ccccc12. The minimum atomic E-state index is 0.417. The number of aromatic amines is 1. The fourth-order valence-corrected chi connectivity index (χ4v) is 4.04. The molecule has 0 unspecified atom stereocenters. The zero-order valence-corrected chi connectivity index (χ0v) is 20.0. The van der Waals surface area contributed by atoms with E-state index in [1.54, 1.807) is 10.9 Å². The lowest BCUT2D eigenvalue weighted by Gasteiger charge is -2.13. The van der Waals surface area contributed by atoms with Gasteiger partial charge in [-0.1, -0.05) is 72.8 Å². The number of H-pyrrole nitrogens is 1. The minimum Gasteiger partial charge on any atom is -0.490 e. The van der Waals surface area contributed by atoms with Crippen LogP contribution >= 0.6 is 12.2 Å². The summed E-state index contributed by atoms with van der Waals surface area (Å²) in [5.74, 6) is 1.99. The van der Waals surface area contributed by atoms with Crippen molar-refractivity contribution in [2.45, 2.75) is 13.5 Å². The third-order valence-corrected chi connectivity index (χ3v) is 5.80. The molecule has 0 amide bonds. The Morgan fingerprint density at radius 2 is 1.71 bits per heavy atom. The molecule has 0 bridgehead atoms. The molecule has 0 radical (unpaired) electrons. The molecule has 35 heavy (non-hydrogen) atoms. The van der Waals surface area contributed by atoms with Crippen LogP contribution in [0, 0.1) is 4.77 Å². The van der Waals surface area contributed by atoms with E-state index in [1.807, 2.05) is 67.6 Å². The average Bonchev–Trinajstić information content (AvgIpc) is 3.27. The number of nitrogens with one attached hydrogen (secondary N) is 1. The Balaban J connectivity index is 1.39. The lowest BCUT2D eigenvalue weighted by atomic mass is 10.1. The van der Waals surface area contributed by atoms with E-state index in [0.717, 1.165) is 16.7 Å². The van der Waals surface area contributed by atoms with Crippen LogP contribution in [0.1, 0.15) is 18.1 Å². The Kier molecular flexibility index (Phi) is 6.68. The molecule has 1 heterocycles. The molecular weight excluding hydrogens is 456 g/mol. The van der Waals surface area contributed by atoms with Gasteiger partial charge in [-0.2, -0.15) is 14.9 Å². The monoisotopic (exact) mass is 480 g/mol. The van der Waals surface area contributed by atoms with Gasteiger partial charge in [0.05, 0.1) is 12.8 Å². The maximum atomic E-state index is 6.18. The van der Waals surface area contributed by atoms with Crippen LogP contribution < -0.4 is 9.47 Å². The van der Waals surface area contributed by atoms with Gasteiger partial charge < -0.3 is 9.47 Å². The van der Waals surface area contributed by atoms with Crippen molar-refractivity contribution >= 4 is 29.2 Å². The van der Waals surface area contributed by atoms with E-state index in [9.17, 15) is 0 Å². The number of hydrogen-bond donors (Lipinski definition) is 1. The van der Waals surface area contributed by atoms with E-state index in [0.29, 0.717) is 35.3 Å². The normalized spacial score (nSPS) is 11.2. The Hall–Kier alpha value is -4.23. The molecule has 4 aromatic carbocycles. The van der Waals surface area contributed by atoms with Gasteiger partial charge >= 0.3 is 0 Å². The van der Waals surface area contributed by atoms with Crippen LogP contribution in [0.2, 0.25) is 0 Å². The molecule has 0 aliphatic rings. The Morgan fingerprint density at radius 1 is 0.914 bits per heavy atom. The molecule has 5 aromatic rings. The van der Waals surface area contributed by atoms with Gasteiger partial charge in [0.1, 0.15) is 6.61 Å². The summed E-state index contributed by atoms with van der Waals surface area (Å²) in [5, 5.41) is 14.1. The highest BCUT2D eigenvalue weighted by Gasteiger charge is 2.10. The number of ether oxygens (including phenoxy) is 2. The van der Waals surface area contributed by atoms with Crippen LogP contribution in [0.3, 0.4) is 0 Å². The van der Waals surface area contributed by atoms with Gasteiger partial charge in [0.2, 0.25) is 4.77 Å². The van der Waals surface area contributed by atoms with Gasteiger partial charge in [0.25, 0.3) is 0 Å². The standard InChI is InChI=1S/C28H24N4O2S/c1-2-33-26-17-20(18-29-32-27(30-31-28(32)35)22-10-4-3-5-11-22)15-16-25(26)34-19-23-13-8-12-21-9-6-7-14-24(21)23/h3-18H,2,19H2,1H3,(H,31,35)/b29-18-. The number of benzene rings is 4. The van der Waals surface area contributed by atoms with Crippen molar-refractivity contribution in [2.24, 2.45) is 5.10 Å². The highest BCUT2D eigenvalue weighted by Crippen LogP contribution is 2.30. The van der Waals surface area contributed by atoms with Crippen LogP contribution in [0.15, 0.2) is 96.1 Å². The van der Waals surface area contributed by atoms with E-state index in [1.165, 1.54) is 10.8 Å². The summed E-state index contributed by atoms with van der Waals surface area (Å²) in [4.78, 5) is 0. The van der Waals surface area contributed by atoms with Crippen molar-refractivity contribution in [1.29, 1.82) is 0 Å². The number of nitrogens with zero attached hydrogens (tertiary/aromatic N) is 3. The van der Waals surface area contributed by atoms with Crippen molar-refractivity contribution in [3.8, 4) is 22.9 Å². The first-order valence-corrected chi connectivity index (χ1v) is 11.8. The van der Waals surface area contributed by atoms with Crippen molar-refractivity contribution in [3.05, 3.63) is 107 Å². The molecule has 0 atom stereocenters. The predicted molar refractivity (Wildman–Crippen MR) is 142 cm³/mol. The number of fused-ring (bicyclic) bond motifs is 1. The second-order valence-electron chi connectivity index (χ2n) is 7.84. The van der Waals surface area contributed by atoms with Crippen LogP contribution in [-0.4, -0.2) is 27.7 Å². The highest BCUT2D eigenvalue weighted by molar-refractivity contribution is 7.71. The van der Waals surface area contributed by atoms with Gasteiger partial charge in [-0.15, -0.1) is 0 Å². The lowest BCUT2D eigenvalue weighted by Crippen LogP contribution is -2.01. The average molecular weight is 481 g/mol. The summed E-state index contributed by atoms with van der Waals surface area (Å²) in [6, 6.07) is 30.1. The van der Waals surface area contributed by atoms with Gasteiger partial charge in [-0.05, 0) is 59.2 Å². The molecule has 0 saturated heterocycles. The third-order valence-electron chi connectivity index (χ3n) is 5.54. The summed E-state index contributed by atoms with van der Waals surface area (Å²) in [5.41, 5.74) is 2.90. The zero-order valence-electron chi connectivity index (χ0n) is 19.2. The van der Waals surface area contributed by atoms with Gasteiger partial charge in [0.15, 0.2) is 17.3 Å². The van der Waals surface area contributed by atoms with Crippen molar-refractivity contribution < 1.29 is 9.47 Å². The quantitative estimate of drug-likeness (QED) is 0.200. The van der Waals surface area contributed by atoms with Crippen molar-refractivity contribution in [3.63, 3.8) is 0 Å². The molecular formula is C28H24N4O2S. The van der Waals surface area contributed by atoms with E-state index in [4.69, 9.17) is 21.7 Å². The molecule has 0 fully saturated rings. The lowest BCUT2D eigenvalue weighted by molar-refractivity contribution is 0.270. The minimum absolute atomic E-state index is 0.417. The largest absolute Gasteiger partial charge is 0.490 e. The van der Waals surface area contributed by atoms with E-state index in [-0.39, 0.29) is 0 Å². The molecule has 1 aromatic heterocycles. The number of rotatable bonds is 8. The van der Waals surface area contributed by atoms with Crippen molar-refractivity contribution in [2.75, 3.05) is 6.61 Å². The van der Waals surface area contributed by atoms with E-state index in [2.05, 4.69) is 45.6 Å². The molecule has 7 heteroatoms. The molecule has 5 rings (SSSR count). The summed E-state index contributed by atoms with van der Waals surface area (Å²) in [6.07, 6.45) is 1.73. The molecule has 0 spiro atoms. The highest BCUT2D eigenvalue weighted by atomic mass is 32.1. The molecule has 0 aliphatic carbocycles. The third kappa shape index (κ3) is 5.00. The fraction of sp³-hybridized carbons (Fsp3) is 0.107. The summed E-state index contributed by atoms with van der Waals surface area (Å²) < 4.78 is 14.1. The van der Waals surface area contributed by atoms with E-state index >= 15 is 0 Å². The van der Waals surface area contributed by atoms with Crippen LogP contribution in [0.5, 0.6) is 11.5 Å². The first kappa shape index (κ1) is 22.6. The Morgan fingerprint density at radius 3 is 2.57 bits per heavy atom. The maximum Gasteiger partial charge on any atom is 0.216 e. The van der Waals surface area contributed by atoms with Gasteiger partial charge in [0, 0.05) is 5.56 Å². The maximum absolute atomic E-state index is 6.18. The topological polar surface area (TPSA) is 64.4 Å². The smallest absolute Gasteiger partial charge is 0.216 e. The second-order valence-corrected chi connectivity index (χ2v) is 8.23. The molecule has 1 N–H and O–H groups in total. The zero-order chi connectivity index (χ0) is 24.0. The van der Waals surface area contributed by atoms with Gasteiger partial charge in [-0.25, -0.2) is 5.10 Å². The van der Waals surface area contributed by atoms with Gasteiger partial charge in [-0.3, -0.25) is 0 Å². The van der Waals surface area contributed by atoms with E-state index < -0.39 is 0 Å². The molecule has 6 nitrogen and oxygen atoms in total. The van der Waals surface area contributed by atoms with Crippen LogP contribution in [-0.2, 0) is 6.61 Å². The molecule has 0 saturated carbocycles. The summed E-state index contributed by atoms with van der Waals surface area (Å²) in [6.45, 7) is 2.92. The number of hydrogen-bond acceptors (Lipinski definition) is 5. The molecule has 0 aliphatic heterocycles. The fourth-order valence-electron chi connectivity index (χ4n) is 3.86. The molecule has 174 valence electrons.